The van der Waals surface area contributed by atoms with E-state index in [1.54, 1.807) is 37.3 Å². The van der Waals surface area contributed by atoms with Crippen molar-refractivity contribution in [1.29, 1.82) is 10.5 Å². The SMILES string of the molecule is C[C@](O)(/C=C/c1cccc(C#N)c1)C1(C#N)CC1. The molecule has 0 unspecified atom stereocenters. The molecule has 0 spiro atoms. The van der Waals surface area contributed by atoms with Gasteiger partial charge in [-0.2, -0.15) is 10.5 Å². The molecule has 18 heavy (non-hydrogen) atoms. The van der Waals surface area contributed by atoms with Crippen LogP contribution >= 0.6 is 0 Å². The van der Waals surface area contributed by atoms with Crippen LogP contribution in [0.5, 0.6) is 0 Å². The monoisotopic (exact) mass is 238 g/mol. The zero-order valence-corrected chi connectivity index (χ0v) is 10.2. The molecule has 0 saturated heterocycles. The second-order valence-electron chi connectivity index (χ2n) is 4.91. The highest BCUT2D eigenvalue weighted by Gasteiger charge is 2.55. The van der Waals surface area contributed by atoms with Crippen LogP contribution in [0.4, 0.5) is 0 Å². The molecule has 1 aromatic carbocycles. The molecule has 2 rings (SSSR count). The second kappa shape index (κ2) is 4.29. The Morgan fingerprint density at radius 3 is 2.67 bits per heavy atom. The van der Waals surface area contributed by atoms with E-state index in [9.17, 15) is 5.11 Å². The molecule has 1 aliphatic rings. The summed E-state index contributed by atoms with van der Waals surface area (Å²) in [6, 6.07) is 11.4. The summed E-state index contributed by atoms with van der Waals surface area (Å²) in [6.07, 6.45) is 4.89. The van der Waals surface area contributed by atoms with Crippen LogP contribution in [0.3, 0.4) is 0 Å². The Hall–Kier alpha value is -2.10. The van der Waals surface area contributed by atoms with E-state index in [2.05, 4.69) is 12.1 Å². The molecule has 0 bridgehead atoms. The first-order valence-corrected chi connectivity index (χ1v) is 5.86. The summed E-state index contributed by atoms with van der Waals surface area (Å²) in [5.74, 6) is 0. The molecule has 1 atom stereocenters. The van der Waals surface area contributed by atoms with Gasteiger partial charge in [0.15, 0.2) is 0 Å². The Balaban J connectivity index is 2.21. The number of benzene rings is 1. The molecule has 90 valence electrons. The van der Waals surface area contributed by atoms with Crippen molar-refractivity contribution in [3.05, 3.63) is 41.5 Å². The molecule has 1 aromatic rings. The normalized spacial score (nSPS) is 19.8. The average molecular weight is 238 g/mol. The molecule has 0 aliphatic heterocycles. The first-order valence-electron chi connectivity index (χ1n) is 5.86. The maximum atomic E-state index is 10.3. The van der Waals surface area contributed by atoms with Crippen molar-refractivity contribution in [1.82, 2.24) is 0 Å². The molecule has 1 saturated carbocycles. The molecular formula is C15H14N2O. The maximum Gasteiger partial charge on any atom is 0.0991 e. The molecule has 0 heterocycles. The maximum absolute atomic E-state index is 10.3. The fourth-order valence-electron chi connectivity index (χ4n) is 1.99. The van der Waals surface area contributed by atoms with Crippen LogP contribution in [0.15, 0.2) is 30.3 Å². The quantitative estimate of drug-likeness (QED) is 0.880. The number of aliphatic hydroxyl groups is 1. The molecule has 0 radical (unpaired) electrons. The topological polar surface area (TPSA) is 67.8 Å². The highest BCUT2D eigenvalue weighted by Crippen LogP contribution is 2.54. The van der Waals surface area contributed by atoms with Crippen molar-refractivity contribution in [3.63, 3.8) is 0 Å². The Morgan fingerprint density at radius 2 is 2.11 bits per heavy atom. The lowest BCUT2D eigenvalue weighted by Gasteiger charge is -2.24. The van der Waals surface area contributed by atoms with Crippen LogP contribution < -0.4 is 0 Å². The lowest BCUT2D eigenvalue weighted by Crippen LogP contribution is -2.32. The average Bonchev–Trinajstić information content (AvgIpc) is 3.18. The van der Waals surface area contributed by atoms with Crippen molar-refractivity contribution < 1.29 is 5.11 Å². The van der Waals surface area contributed by atoms with Crippen molar-refractivity contribution in [2.24, 2.45) is 5.41 Å². The van der Waals surface area contributed by atoms with Crippen LogP contribution in [0.1, 0.15) is 30.9 Å². The van der Waals surface area contributed by atoms with Crippen LogP contribution in [-0.2, 0) is 0 Å². The van der Waals surface area contributed by atoms with Gasteiger partial charge in [0.05, 0.1) is 28.7 Å². The largest absolute Gasteiger partial charge is 0.384 e. The van der Waals surface area contributed by atoms with Gasteiger partial charge in [0.25, 0.3) is 0 Å². The van der Waals surface area contributed by atoms with E-state index < -0.39 is 11.0 Å². The van der Waals surface area contributed by atoms with Gasteiger partial charge in [-0.15, -0.1) is 0 Å². The zero-order chi connectivity index (χ0) is 13.2. The summed E-state index contributed by atoms with van der Waals surface area (Å²) in [4.78, 5) is 0. The van der Waals surface area contributed by atoms with Crippen molar-refractivity contribution in [2.75, 3.05) is 0 Å². The molecule has 0 amide bonds. The first-order chi connectivity index (χ1) is 8.53. The molecule has 1 aliphatic carbocycles. The number of nitrogens with zero attached hydrogens (tertiary/aromatic N) is 2. The lowest BCUT2D eigenvalue weighted by molar-refractivity contribution is 0.0589. The minimum Gasteiger partial charge on any atom is -0.384 e. The highest BCUT2D eigenvalue weighted by atomic mass is 16.3. The predicted molar refractivity (Wildman–Crippen MR) is 68.1 cm³/mol. The van der Waals surface area contributed by atoms with Gasteiger partial charge in [-0.1, -0.05) is 24.3 Å². The summed E-state index contributed by atoms with van der Waals surface area (Å²) < 4.78 is 0. The van der Waals surface area contributed by atoms with Gasteiger partial charge in [-0.25, -0.2) is 0 Å². The summed E-state index contributed by atoms with van der Waals surface area (Å²) >= 11 is 0. The van der Waals surface area contributed by atoms with E-state index >= 15 is 0 Å². The lowest BCUT2D eigenvalue weighted by atomic mass is 9.86. The number of hydrogen-bond donors (Lipinski definition) is 1. The van der Waals surface area contributed by atoms with E-state index in [4.69, 9.17) is 10.5 Å². The first kappa shape index (κ1) is 12.4. The van der Waals surface area contributed by atoms with Crippen molar-refractivity contribution in [3.8, 4) is 12.1 Å². The van der Waals surface area contributed by atoms with Crippen LogP contribution in [0.2, 0.25) is 0 Å². The van der Waals surface area contributed by atoms with Gasteiger partial charge in [0, 0.05) is 0 Å². The highest BCUT2D eigenvalue weighted by molar-refractivity contribution is 5.54. The summed E-state index contributed by atoms with van der Waals surface area (Å²) in [5, 5.41) is 28.2. The zero-order valence-electron chi connectivity index (χ0n) is 10.2. The number of rotatable bonds is 3. The summed E-state index contributed by atoms with van der Waals surface area (Å²) in [5.41, 5.74) is -0.318. The molecule has 1 N–H and O–H groups in total. The third-order valence-electron chi connectivity index (χ3n) is 3.55. The minimum atomic E-state index is -1.12. The third kappa shape index (κ3) is 2.14. The Labute approximate surface area is 107 Å². The minimum absolute atomic E-state index is 0.582. The van der Waals surface area contributed by atoms with E-state index in [0.717, 1.165) is 18.4 Å². The van der Waals surface area contributed by atoms with E-state index in [0.29, 0.717) is 5.56 Å². The van der Waals surface area contributed by atoms with E-state index in [1.165, 1.54) is 0 Å². The van der Waals surface area contributed by atoms with E-state index in [-0.39, 0.29) is 0 Å². The van der Waals surface area contributed by atoms with Gasteiger partial charge in [-0.3, -0.25) is 0 Å². The van der Waals surface area contributed by atoms with Gasteiger partial charge < -0.3 is 5.11 Å². The Kier molecular flexibility index (Phi) is 2.95. The standard InChI is InChI=1S/C15H14N2O/c1-14(18,15(11-17)7-8-15)6-5-12-3-2-4-13(9-12)10-16/h2-6,9,18H,7-8H2,1H3/b6-5+/t14-/m0/s1. The summed E-state index contributed by atoms with van der Waals surface area (Å²) in [6.45, 7) is 1.66. The van der Waals surface area contributed by atoms with Crippen LogP contribution in [0, 0.1) is 28.1 Å². The fourth-order valence-corrected chi connectivity index (χ4v) is 1.99. The number of nitriles is 2. The number of hydrogen-bond acceptors (Lipinski definition) is 3. The van der Waals surface area contributed by atoms with E-state index in [1.807, 2.05) is 6.07 Å². The Morgan fingerprint density at radius 1 is 1.39 bits per heavy atom. The molecule has 3 heteroatoms. The predicted octanol–water partition coefficient (Wildman–Crippen LogP) is 2.63. The van der Waals surface area contributed by atoms with Gasteiger partial charge in [0.1, 0.15) is 0 Å². The molecular weight excluding hydrogens is 224 g/mol. The third-order valence-corrected chi connectivity index (χ3v) is 3.55. The molecule has 0 aromatic heterocycles. The van der Waals surface area contributed by atoms with Crippen LogP contribution in [0.25, 0.3) is 6.08 Å². The van der Waals surface area contributed by atoms with Crippen molar-refractivity contribution >= 4 is 6.08 Å². The second-order valence-corrected chi connectivity index (χ2v) is 4.91. The molecule has 1 fully saturated rings. The van der Waals surface area contributed by atoms with Crippen LogP contribution in [-0.4, -0.2) is 10.7 Å². The molecule has 3 nitrogen and oxygen atoms in total. The van der Waals surface area contributed by atoms with Gasteiger partial charge >= 0.3 is 0 Å². The summed E-state index contributed by atoms with van der Waals surface area (Å²) in [7, 11) is 0. The van der Waals surface area contributed by atoms with Gasteiger partial charge in [-0.05, 0) is 37.5 Å². The smallest absolute Gasteiger partial charge is 0.0991 e. The Bertz CT molecular complexity index is 569. The van der Waals surface area contributed by atoms with Crippen molar-refractivity contribution in [2.45, 2.75) is 25.4 Å². The fraction of sp³-hybridized carbons (Fsp3) is 0.333. The van der Waals surface area contributed by atoms with Gasteiger partial charge in [0.2, 0.25) is 0 Å².